The van der Waals surface area contributed by atoms with Gasteiger partial charge in [-0.25, -0.2) is 9.18 Å². The lowest BCUT2D eigenvalue weighted by molar-refractivity contribution is -0.152. The first-order valence-corrected chi connectivity index (χ1v) is 11.2. The molecule has 0 aliphatic heterocycles. The molecule has 0 aromatic heterocycles. The van der Waals surface area contributed by atoms with Gasteiger partial charge in [0.05, 0.1) is 16.1 Å². The molecule has 0 heterocycles. The molecule has 0 atom stereocenters. The van der Waals surface area contributed by atoms with Crippen LogP contribution in [0.4, 0.5) is 17.6 Å². The van der Waals surface area contributed by atoms with Crippen LogP contribution in [0.1, 0.15) is 40.9 Å². The number of carboxylic acid groups (broad SMARTS) is 1. The number of nitrogens with one attached hydrogen (secondary N) is 1. The molecule has 0 aliphatic carbocycles. The monoisotopic (exact) mass is 539 g/mol. The number of benzene rings is 3. The first-order valence-electron chi connectivity index (χ1n) is 10.8. The number of hydrogen-bond donors (Lipinski definition) is 2. The van der Waals surface area contributed by atoms with Crippen molar-refractivity contribution >= 4 is 23.5 Å². The summed E-state index contributed by atoms with van der Waals surface area (Å²) in [5.74, 6) is -1.72. The number of aliphatic carboxylic acids is 1. The van der Waals surface area contributed by atoms with Crippen molar-refractivity contribution in [2.75, 3.05) is 0 Å². The third-order valence-corrected chi connectivity index (χ3v) is 5.50. The summed E-state index contributed by atoms with van der Waals surface area (Å²) in [5, 5.41) is 11.4. The summed E-state index contributed by atoms with van der Waals surface area (Å²) in [4.78, 5) is 23.7. The van der Waals surface area contributed by atoms with E-state index in [1.807, 2.05) is 0 Å². The van der Waals surface area contributed by atoms with E-state index in [2.05, 4.69) is 5.32 Å². The summed E-state index contributed by atoms with van der Waals surface area (Å²) in [7, 11) is 0. The fraction of sp³-hybridized carbons (Fsp3) is 0.231. The van der Waals surface area contributed by atoms with Crippen molar-refractivity contribution in [1.29, 1.82) is 0 Å². The summed E-state index contributed by atoms with van der Waals surface area (Å²) in [6, 6.07) is 10.8. The lowest BCUT2D eigenvalue weighted by atomic mass is 10.1. The molecule has 0 saturated heterocycles. The number of carbonyl (C=O) groups is 2. The van der Waals surface area contributed by atoms with E-state index >= 15 is 0 Å². The van der Waals surface area contributed by atoms with Crippen LogP contribution in [0.25, 0.3) is 0 Å². The second kappa shape index (κ2) is 10.7. The second-order valence-electron chi connectivity index (χ2n) is 8.62. The predicted molar refractivity (Wildman–Crippen MR) is 128 cm³/mol. The largest absolute Gasteiger partial charge is 0.478 e. The van der Waals surface area contributed by atoms with Gasteiger partial charge in [-0.1, -0.05) is 11.6 Å². The van der Waals surface area contributed by atoms with E-state index in [4.69, 9.17) is 21.1 Å². The molecule has 0 radical (unpaired) electrons. The van der Waals surface area contributed by atoms with Crippen LogP contribution < -0.4 is 14.8 Å². The lowest BCUT2D eigenvalue weighted by Crippen LogP contribution is -2.38. The Bertz CT molecular complexity index is 1340. The van der Waals surface area contributed by atoms with Crippen molar-refractivity contribution < 1.29 is 41.7 Å². The number of halogens is 5. The number of ether oxygens (including phenoxy) is 2. The molecule has 0 unspecified atom stereocenters. The molecular formula is C26H22ClF4NO5. The van der Waals surface area contributed by atoms with E-state index in [9.17, 15) is 32.3 Å². The van der Waals surface area contributed by atoms with E-state index in [0.29, 0.717) is 28.7 Å². The van der Waals surface area contributed by atoms with Gasteiger partial charge >= 0.3 is 12.1 Å². The zero-order valence-electron chi connectivity index (χ0n) is 19.9. The molecule has 0 fully saturated rings. The van der Waals surface area contributed by atoms with Gasteiger partial charge in [0.25, 0.3) is 5.91 Å². The third kappa shape index (κ3) is 7.13. The summed E-state index contributed by atoms with van der Waals surface area (Å²) in [5.41, 5.74) is -1.68. The molecule has 0 saturated carbocycles. The molecule has 3 aromatic carbocycles. The van der Waals surface area contributed by atoms with Gasteiger partial charge in [0.2, 0.25) is 0 Å². The van der Waals surface area contributed by atoms with Crippen molar-refractivity contribution in [3.63, 3.8) is 0 Å². The number of aryl methyl sites for hydroxylation is 1. The first kappa shape index (κ1) is 27.8. The summed E-state index contributed by atoms with van der Waals surface area (Å²) in [6.07, 6.45) is -4.60. The zero-order chi connectivity index (χ0) is 27.5. The molecule has 0 aliphatic rings. The number of amides is 1. The van der Waals surface area contributed by atoms with E-state index in [1.165, 1.54) is 32.0 Å². The molecule has 0 bridgehead atoms. The summed E-state index contributed by atoms with van der Waals surface area (Å²) >= 11 is 5.85. The van der Waals surface area contributed by atoms with Gasteiger partial charge in [0.1, 0.15) is 23.1 Å². The Morgan fingerprint density at radius 2 is 1.70 bits per heavy atom. The first-order chi connectivity index (χ1) is 17.2. The Kier molecular flexibility index (Phi) is 8.02. The highest BCUT2D eigenvalue weighted by molar-refractivity contribution is 6.33. The average Bonchev–Trinajstić information content (AvgIpc) is 2.78. The van der Waals surface area contributed by atoms with Gasteiger partial charge in [-0.3, -0.25) is 4.79 Å². The normalized spacial score (nSPS) is 11.7. The van der Waals surface area contributed by atoms with Crippen molar-refractivity contribution in [1.82, 2.24) is 5.32 Å². The van der Waals surface area contributed by atoms with Crippen LogP contribution in [0, 0.1) is 12.7 Å². The lowest BCUT2D eigenvalue weighted by Gasteiger charge is -2.23. The van der Waals surface area contributed by atoms with E-state index in [-0.39, 0.29) is 22.9 Å². The van der Waals surface area contributed by atoms with Crippen LogP contribution in [-0.4, -0.2) is 22.6 Å². The smallest absolute Gasteiger partial charge is 0.416 e. The Morgan fingerprint density at radius 1 is 1.00 bits per heavy atom. The number of carbonyl (C=O) groups excluding carboxylic acids is 1. The van der Waals surface area contributed by atoms with E-state index in [0.717, 1.165) is 24.3 Å². The number of hydrogen-bond acceptors (Lipinski definition) is 4. The van der Waals surface area contributed by atoms with Crippen LogP contribution in [0.2, 0.25) is 5.02 Å². The van der Waals surface area contributed by atoms with Crippen molar-refractivity contribution in [2.24, 2.45) is 0 Å². The average molecular weight is 540 g/mol. The maximum atomic E-state index is 14.2. The minimum atomic E-state index is -4.60. The Morgan fingerprint density at radius 3 is 2.30 bits per heavy atom. The van der Waals surface area contributed by atoms with Gasteiger partial charge in [0, 0.05) is 12.6 Å². The molecule has 6 nitrogen and oxygen atoms in total. The standard InChI is InChI=1S/C26H22ClF4NO5/c1-14-8-18(5-7-22(14)37-25(2,3)24(34)35)36-19-10-15(9-17(28)12-19)13-32-23(33)20-6-4-16(11-21(20)27)26(29,30)31/h4-12H,13H2,1-3H3,(H,32,33)(H,34,35). The Labute approximate surface area is 214 Å². The van der Waals surface area contributed by atoms with Crippen LogP contribution in [0.3, 0.4) is 0 Å². The van der Waals surface area contributed by atoms with Gasteiger partial charge < -0.3 is 19.9 Å². The zero-order valence-corrected chi connectivity index (χ0v) is 20.6. The minimum Gasteiger partial charge on any atom is -0.478 e. The summed E-state index contributed by atoms with van der Waals surface area (Å²) in [6.45, 7) is 4.37. The second-order valence-corrected chi connectivity index (χ2v) is 9.02. The fourth-order valence-electron chi connectivity index (χ4n) is 3.19. The van der Waals surface area contributed by atoms with Gasteiger partial charge in [0.15, 0.2) is 5.60 Å². The van der Waals surface area contributed by atoms with Crippen LogP contribution in [0.15, 0.2) is 54.6 Å². The molecule has 3 aromatic rings. The molecule has 196 valence electrons. The quantitative estimate of drug-likeness (QED) is 0.309. The van der Waals surface area contributed by atoms with Crippen molar-refractivity contribution in [3.8, 4) is 17.2 Å². The Balaban J connectivity index is 1.70. The summed E-state index contributed by atoms with van der Waals surface area (Å²) < 4.78 is 63.9. The van der Waals surface area contributed by atoms with Gasteiger partial charge in [-0.15, -0.1) is 0 Å². The van der Waals surface area contributed by atoms with Gasteiger partial charge in [-0.2, -0.15) is 13.2 Å². The highest BCUT2D eigenvalue weighted by atomic mass is 35.5. The topological polar surface area (TPSA) is 84.9 Å². The van der Waals surface area contributed by atoms with Crippen molar-refractivity contribution in [2.45, 2.75) is 39.1 Å². The van der Waals surface area contributed by atoms with Crippen molar-refractivity contribution in [3.05, 3.63) is 87.7 Å². The fourth-order valence-corrected chi connectivity index (χ4v) is 3.46. The van der Waals surface area contributed by atoms with Crippen LogP contribution in [-0.2, 0) is 17.5 Å². The maximum Gasteiger partial charge on any atom is 0.416 e. The molecule has 3 rings (SSSR count). The molecule has 1 amide bonds. The number of rotatable bonds is 8. The third-order valence-electron chi connectivity index (χ3n) is 5.19. The molecular weight excluding hydrogens is 518 g/mol. The minimum absolute atomic E-state index is 0.121. The Hall–Kier alpha value is -3.79. The van der Waals surface area contributed by atoms with Crippen LogP contribution >= 0.6 is 11.6 Å². The SMILES string of the molecule is Cc1cc(Oc2cc(F)cc(CNC(=O)c3ccc(C(F)(F)F)cc3Cl)c2)ccc1OC(C)(C)C(=O)O. The molecule has 2 N–H and O–H groups in total. The predicted octanol–water partition coefficient (Wildman–Crippen LogP) is 6.77. The molecule has 11 heteroatoms. The van der Waals surface area contributed by atoms with E-state index in [1.54, 1.807) is 13.0 Å². The van der Waals surface area contributed by atoms with Gasteiger partial charge in [-0.05, 0) is 80.4 Å². The van der Waals surface area contributed by atoms with E-state index < -0.39 is 35.0 Å². The van der Waals surface area contributed by atoms with Crippen LogP contribution in [0.5, 0.6) is 17.2 Å². The molecule has 37 heavy (non-hydrogen) atoms. The molecule has 0 spiro atoms. The number of alkyl halides is 3. The number of carboxylic acids is 1. The highest BCUT2D eigenvalue weighted by Gasteiger charge is 2.31. The highest BCUT2D eigenvalue weighted by Crippen LogP contribution is 2.33. The maximum absolute atomic E-state index is 14.2.